The second kappa shape index (κ2) is 5.08. The summed E-state index contributed by atoms with van der Waals surface area (Å²) >= 11 is 0. The number of aromatic carboxylic acids is 1. The molecule has 0 saturated heterocycles. The molecule has 0 aliphatic carbocycles. The highest BCUT2D eigenvalue weighted by molar-refractivity contribution is 5.85. The molecule has 1 atom stereocenters. The minimum Gasteiger partial charge on any atom is -0.476 e. The van der Waals surface area contributed by atoms with Crippen LogP contribution in [0, 0.1) is 0 Å². The fraction of sp³-hybridized carbons (Fsp3) is 0.600. The van der Waals surface area contributed by atoms with E-state index < -0.39 is 25.0 Å². The van der Waals surface area contributed by atoms with Crippen LogP contribution in [-0.4, -0.2) is 39.9 Å². The highest BCUT2D eigenvalue weighted by atomic mass is 19.4. The molecular formula is C10H11F3N2O4. The van der Waals surface area contributed by atoms with Crippen molar-refractivity contribution in [2.45, 2.75) is 31.9 Å². The van der Waals surface area contributed by atoms with Gasteiger partial charge in [-0.05, 0) is 0 Å². The molecule has 1 aliphatic heterocycles. The number of aryl methyl sites for hydroxylation is 1. The van der Waals surface area contributed by atoms with Gasteiger partial charge in [-0.1, -0.05) is 0 Å². The smallest absolute Gasteiger partial charge is 0.476 e. The van der Waals surface area contributed by atoms with Crippen LogP contribution >= 0.6 is 0 Å². The molecule has 2 rings (SSSR count). The van der Waals surface area contributed by atoms with Crippen LogP contribution in [0.3, 0.4) is 0 Å². The molecule has 0 spiro atoms. The number of hydrogen-bond acceptors (Lipinski definition) is 4. The first kappa shape index (κ1) is 13.7. The number of fused-ring (bicyclic) bond motifs is 1. The van der Waals surface area contributed by atoms with Gasteiger partial charge >= 0.3 is 12.3 Å². The summed E-state index contributed by atoms with van der Waals surface area (Å²) in [5.41, 5.74) is -0.151. The molecule has 1 aliphatic rings. The maximum absolute atomic E-state index is 11.8. The summed E-state index contributed by atoms with van der Waals surface area (Å²) in [7, 11) is 0. The van der Waals surface area contributed by atoms with Crippen LogP contribution in [0.15, 0.2) is 6.07 Å². The first-order valence-electron chi connectivity index (χ1n) is 5.53. The molecule has 1 aromatic heterocycles. The van der Waals surface area contributed by atoms with Crippen molar-refractivity contribution in [1.29, 1.82) is 0 Å². The Kier molecular flexibility index (Phi) is 3.65. The number of hydrogen-bond donors (Lipinski definition) is 1. The molecule has 106 valence electrons. The lowest BCUT2D eigenvalue weighted by Gasteiger charge is -2.24. The zero-order chi connectivity index (χ0) is 14.0. The van der Waals surface area contributed by atoms with Crippen LogP contribution in [0.1, 0.15) is 23.3 Å². The van der Waals surface area contributed by atoms with Crippen LogP contribution in [0.4, 0.5) is 13.2 Å². The standard InChI is InChI=1S/C10H11F3N2O4/c11-10(12,13)18-4-2-6-1-3-15-8(19-6)5-7(14-15)9(16)17/h5-6H,1-4H2,(H,16,17). The predicted molar refractivity (Wildman–Crippen MR) is 54.8 cm³/mol. The van der Waals surface area contributed by atoms with Crippen LogP contribution in [0.25, 0.3) is 0 Å². The Balaban J connectivity index is 1.89. The van der Waals surface area contributed by atoms with E-state index in [0.29, 0.717) is 13.0 Å². The third kappa shape index (κ3) is 3.60. The lowest BCUT2D eigenvalue weighted by atomic mass is 10.2. The molecule has 0 aromatic carbocycles. The summed E-state index contributed by atoms with van der Waals surface area (Å²) in [5, 5.41) is 12.5. The Bertz CT molecular complexity index is 472. The second-order valence-electron chi connectivity index (χ2n) is 4.01. The summed E-state index contributed by atoms with van der Waals surface area (Å²) in [5.74, 6) is -0.928. The van der Waals surface area contributed by atoms with Gasteiger partial charge in [0.25, 0.3) is 0 Å². The van der Waals surface area contributed by atoms with Gasteiger partial charge in [0.05, 0.1) is 6.61 Å². The lowest BCUT2D eigenvalue weighted by Crippen LogP contribution is -2.28. The van der Waals surface area contributed by atoms with Gasteiger partial charge in [0.1, 0.15) is 6.10 Å². The molecule has 0 bridgehead atoms. The van der Waals surface area contributed by atoms with Gasteiger partial charge in [-0.3, -0.25) is 4.74 Å². The highest BCUT2D eigenvalue weighted by Gasteiger charge is 2.30. The Hall–Kier alpha value is -1.77. The van der Waals surface area contributed by atoms with Gasteiger partial charge in [0, 0.05) is 25.5 Å². The van der Waals surface area contributed by atoms with Crippen molar-refractivity contribution in [3.05, 3.63) is 11.8 Å². The van der Waals surface area contributed by atoms with Crippen molar-refractivity contribution >= 4 is 5.97 Å². The molecular weight excluding hydrogens is 269 g/mol. The molecule has 9 heteroatoms. The van der Waals surface area contributed by atoms with Gasteiger partial charge in [0.2, 0.25) is 5.88 Å². The normalized spacial score (nSPS) is 18.8. The number of carboxylic acid groups (broad SMARTS) is 1. The summed E-state index contributed by atoms with van der Waals surface area (Å²) in [6.45, 7) is -0.0899. The summed E-state index contributed by atoms with van der Waals surface area (Å²) in [6, 6.07) is 1.25. The van der Waals surface area contributed by atoms with Crippen LogP contribution in [0.5, 0.6) is 5.88 Å². The molecule has 1 unspecified atom stereocenters. The van der Waals surface area contributed by atoms with Gasteiger partial charge < -0.3 is 9.84 Å². The van der Waals surface area contributed by atoms with E-state index in [1.165, 1.54) is 10.7 Å². The van der Waals surface area contributed by atoms with Crippen LogP contribution in [-0.2, 0) is 11.3 Å². The number of nitrogens with zero attached hydrogens (tertiary/aromatic N) is 2. The van der Waals surface area contributed by atoms with Crippen LogP contribution < -0.4 is 4.74 Å². The first-order valence-corrected chi connectivity index (χ1v) is 5.53. The lowest BCUT2D eigenvalue weighted by molar-refractivity contribution is -0.325. The highest BCUT2D eigenvalue weighted by Crippen LogP contribution is 2.24. The Morgan fingerprint density at radius 1 is 1.63 bits per heavy atom. The van der Waals surface area contributed by atoms with Crippen LogP contribution in [0.2, 0.25) is 0 Å². The number of halogens is 3. The fourth-order valence-corrected chi connectivity index (χ4v) is 1.76. The molecule has 2 heterocycles. The van der Waals surface area contributed by atoms with Gasteiger partial charge in [-0.2, -0.15) is 5.10 Å². The summed E-state index contributed by atoms with van der Waals surface area (Å²) < 4.78 is 45.8. The van der Waals surface area contributed by atoms with Crippen molar-refractivity contribution in [3.8, 4) is 5.88 Å². The van der Waals surface area contributed by atoms with E-state index in [9.17, 15) is 18.0 Å². The van der Waals surface area contributed by atoms with E-state index >= 15 is 0 Å². The third-order valence-corrected chi connectivity index (χ3v) is 2.62. The quantitative estimate of drug-likeness (QED) is 0.908. The third-order valence-electron chi connectivity index (χ3n) is 2.62. The van der Waals surface area contributed by atoms with E-state index in [-0.39, 0.29) is 18.0 Å². The molecule has 1 N–H and O–H groups in total. The summed E-state index contributed by atoms with van der Waals surface area (Å²) in [4.78, 5) is 10.7. The molecule has 1 aromatic rings. The number of ether oxygens (including phenoxy) is 2. The van der Waals surface area contributed by atoms with Gasteiger partial charge in [0.15, 0.2) is 5.69 Å². The van der Waals surface area contributed by atoms with E-state index in [4.69, 9.17) is 9.84 Å². The van der Waals surface area contributed by atoms with Crippen molar-refractivity contribution in [2.24, 2.45) is 0 Å². The monoisotopic (exact) mass is 280 g/mol. The van der Waals surface area contributed by atoms with Crippen molar-refractivity contribution in [2.75, 3.05) is 6.61 Å². The number of rotatable bonds is 4. The second-order valence-corrected chi connectivity index (χ2v) is 4.01. The molecule has 0 fully saturated rings. The van der Waals surface area contributed by atoms with E-state index in [1.54, 1.807) is 0 Å². The first-order chi connectivity index (χ1) is 8.85. The van der Waals surface area contributed by atoms with Crippen molar-refractivity contribution in [1.82, 2.24) is 9.78 Å². The zero-order valence-corrected chi connectivity index (χ0v) is 9.68. The Morgan fingerprint density at radius 2 is 2.37 bits per heavy atom. The minimum absolute atomic E-state index is 0.0765. The molecule has 0 amide bonds. The van der Waals surface area contributed by atoms with Gasteiger partial charge in [-0.15, -0.1) is 13.2 Å². The number of aromatic nitrogens is 2. The summed E-state index contributed by atoms with van der Waals surface area (Å²) in [6.07, 6.45) is -4.55. The number of alkyl halides is 3. The average molecular weight is 280 g/mol. The number of carbonyl (C=O) groups is 1. The maximum atomic E-state index is 11.8. The van der Waals surface area contributed by atoms with Crippen molar-refractivity contribution < 1.29 is 32.5 Å². The van der Waals surface area contributed by atoms with Gasteiger partial charge in [-0.25, -0.2) is 9.48 Å². The Morgan fingerprint density at radius 3 is 3.00 bits per heavy atom. The Labute approximate surface area is 105 Å². The minimum atomic E-state index is -4.65. The predicted octanol–water partition coefficient (Wildman–Crippen LogP) is 1.66. The molecule has 0 radical (unpaired) electrons. The zero-order valence-electron chi connectivity index (χ0n) is 9.68. The fourth-order valence-electron chi connectivity index (χ4n) is 1.76. The molecule has 19 heavy (non-hydrogen) atoms. The van der Waals surface area contributed by atoms with Crippen molar-refractivity contribution in [3.63, 3.8) is 0 Å². The SMILES string of the molecule is O=C(O)c1cc2n(n1)CCC(CCOC(F)(F)F)O2. The largest absolute Gasteiger partial charge is 0.522 e. The average Bonchev–Trinajstić information content (AvgIpc) is 2.70. The molecule has 0 saturated carbocycles. The van der Waals surface area contributed by atoms with E-state index in [1.807, 2.05) is 0 Å². The number of carboxylic acids is 1. The maximum Gasteiger partial charge on any atom is 0.522 e. The van der Waals surface area contributed by atoms with E-state index in [2.05, 4.69) is 9.84 Å². The van der Waals surface area contributed by atoms with E-state index in [0.717, 1.165) is 0 Å². The topological polar surface area (TPSA) is 73.6 Å². The molecule has 6 nitrogen and oxygen atoms in total.